The molecule has 14 rings (SSSR count). The van der Waals surface area contributed by atoms with E-state index in [1.54, 1.807) is 0 Å². The third-order valence-corrected chi connectivity index (χ3v) is 25.1. The monoisotopic (exact) mass is 1720 g/mol. The highest BCUT2D eigenvalue weighted by Gasteiger charge is 2.24. The second-order valence-electron chi connectivity index (χ2n) is 36.3. The maximum Gasteiger partial charge on any atom is 0.257 e. The highest BCUT2D eigenvalue weighted by molar-refractivity contribution is 7.14. The number of likely N-dealkylation sites (N-methyl/N-ethyl adjacent to an activating group) is 2. The number of hydrogen-bond donors (Lipinski definition) is 5. The number of rotatable bonds is 25. The van der Waals surface area contributed by atoms with Crippen molar-refractivity contribution in [2.24, 2.45) is 0 Å². The number of likely N-dealkylation sites (tertiary alicyclic amines) is 2. The van der Waals surface area contributed by atoms with E-state index in [1.807, 2.05) is 170 Å². The molecule has 0 radical (unpaired) electrons. The van der Waals surface area contributed by atoms with E-state index >= 15 is 0 Å². The minimum atomic E-state index is -0.105. The van der Waals surface area contributed by atoms with E-state index in [2.05, 4.69) is 243 Å². The highest BCUT2D eigenvalue weighted by atomic mass is 32.1. The van der Waals surface area contributed by atoms with Crippen LogP contribution in [0.4, 0.5) is 27.9 Å². The lowest BCUT2D eigenvalue weighted by molar-refractivity contribution is 0.101. The van der Waals surface area contributed by atoms with E-state index in [-0.39, 0.29) is 29.5 Å². The number of amides is 5. The van der Waals surface area contributed by atoms with Crippen LogP contribution in [0.2, 0.25) is 0 Å². The molecular formula is C106H140N14O5S. The first-order valence-corrected chi connectivity index (χ1v) is 46.2. The lowest BCUT2D eigenvalue weighted by atomic mass is 10.0. The molecule has 4 saturated heterocycles. The van der Waals surface area contributed by atoms with Crippen molar-refractivity contribution >= 4 is 68.8 Å². The lowest BCUT2D eigenvalue weighted by Crippen LogP contribution is -2.43. The predicted molar refractivity (Wildman–Crippen MR) is 525 cm³/mol. The van der Waals surface area contributed by atoms with Crippen molar-refractivity contribution in [1.82, 2.24) is 44.2 Å². The molecule has 5 heterocycles. The second kappa shape index (κ2) is 49.1. The lowest BCUT2D eigenvalue weighted by Gasteiger charge is -2.35. The number of hydrogen-bond acceptors (Lipinski definition) is 15. The zero-order valence-corrected chi connectivity index (χ0v) is 78.8. The van der Waals surface area contributed by atoms with E-state index in [9.17, 15) is 24.0 Å². The molecule has 5 amide bonds. The molecule has 126 heavy (non-hydrogen) atoms. The Labute approximate surface area is 756 Å². The summed E-state index contributed by atoms with van der Waals surface area (Å²) in [6, 6.07) is 73.5. The van der Waals surface area contributed by atoms with Crippen LogP contribution in [0.1, 0.15) is 232 Å². The number of nitrogens with one attached hydrogen (secondary N) is 5. The van der Waals surface area contributed by atoms with Crippen LogP contribution in [0.25, 0.3) is 0 Å². The molecule has 10 aromatic rings. The number of piperidine rings is 2. The Bertz CT molecular complexity index is 5000. The molecule has 4 aliphatic rings. The van der Waals surface area contributed by atoms with Crippen molar-refractivity contribution in [1.29, 1.82) is 0 Å². The maximum absolute atomic E-state index is 12.6. The average molecular weight is 1720 g/mol. The highest BCUT2D eigenvalue weighted by Crippen LogP contribution is 2.27. The molecular weight excluding hydrogens is 1580 g/mol. The zero-order chi connectivity index (χ0) is 90.3. The molecule has 0 bridgehead atoms. The standard InChI is InChI=1S/2C24H33N3O.2C22H29N3O.C14H16N2OS/c1-18(2)20-7-9-21(10-8-20)24(28)25-22-11-5-19(6-12-22)17-27-15-13-23(14-16-27)26(3)4;1-18(2)20-6-5-7-21(16-20)24(28)25-22-10-8-19(9-11-22)17-27-14-12-23(13-15-27)26(3)4;1-17(2)19-6-8-20(9-7-19)22(26)23-21-10-4-18(5-11-21)16-25-14-12-24(3)13-15-25;1-17(2)19-5-4-6-20(15-19)22(26)23-21-9-7-18(8-10-21)16-25-13-11-24(3)12-14-25;1-9(2)11-5-4-6-12(7-11)13(17)16-14-15-10(3)8-18-14/h5-12,18,23H,13-17H2,1-4H3,(H,25,28);5-11,16,18,23H,12-15,17H2,1-4H3,(H,25,28);4-11,17H,12-16H2,1-3H3,(H,23,26);4-10,15,17H,11-14,16H2,1-3H3,(H,23,26);4-9H,1-3H3,(H,15,16,17). The van der Waals surface area contributed by atoms with Crippen LogP contribution in [0.5, 0.6) is 0 Å². The Kier molecular flexibility index (Phi) is 38.1. The molecule has 0 atom stereocenters. The Morgan fingerprint density at radius 3 is 0.825 bits per heavy atom. The fourth-order valence-electron chi connectivity index (χ4n) is 15.6. The van der Waals surface area contributed by atoms with Gasteiger partial charge in [0, 0.05) is 147 Å². The fourth-order valence-corrected chi connectivity index (χ4v) is 16.2. The topological polar surface area (TPSA) is 184 Å². The van der Waals surface area contributed by atoms with Crippen LogP contribution < -0.4 is 26.6 Å². The van der Waals surface area contributed by atoms with Gasteiger partial charge >= 0.3 is 0 Å². The van der Waals surface area contributed by atoms with E-state index in [0.717, 1.165) is 139 Å². The number of thiazole rings is 1. The molecule has 19 nitrogen and oxygen atoms in total. The fraction of sp³-hybridized carbons (Fsp3) is 0.415. The first kappa shape index (κ1) is 97.8. The van der Waals surface area contributed by atoms with Gasteiger partial charge < -0.3 is 40.9 Å². The van der Waals surface area contributed by atoms with Crippen molar-refractivity contribution < 1.29 is 24.0 Å². The minimum Gasteiger partial charge on any atom is -0.322 e. The van der Waals surface area contributed by atoms with Crippen LogP contribution in [0, 0.1) is 6.92 Å². The molecule has 9 aromatic carbocycles. The van der Waals surface area contributed by atoms with Gasteiger partial charge in [-0.05, 0) is 290 Å². The Hall–Kier alpha value is -10.4. The molecule has 4 fully saturated rings. The van der Waals surface area contributed by atoms with Crippen molar-refractivity contribution in [3.05, 3.63) is 307 Å². The largest absolute Gasteiger partial charge is 0.322 e. The normalized spacial score (nSPS) is 15.2. The number of aryl methyl sites for hydroxylation is 1. The number of carbonyl (C=O) groups is 5. The molecule has 0 unspecified atom stereocenters. The molecule has 20 heteroatoms. The molecule has 5 N–H and O–H groups in total. The van der Waals surface area contributed by atoms with Gasteiger partial charge in [-0.15, -0.1) is 11.3 Å². The number of aromatic nitrogens is 1. The average Bonchev–Trinajstić information content (AvgIpc) is 0.956. The molecule has 670 valence electrons. The Morgan fingerprint density at radius 1 is 0.325 bits per heavy atom. The second-order valence-corrected chi connectivity index (χ2v) is 37.2. The summed E-state index contributed by atoms with van der Waals surface area (Å²) in [5.41, 5.74) is 18.9. The Morgan fingerprint density at radius 2 is 0.579 bits per heavy atom. The Balaban J connectivity index is 0.000000165. The van der Waals surface area contributed by atoms with Gasteiger partial charge in [0.15, 0.2) is 5.13 Å². The van der Waals surface area contributed by atoms with E-state index in [4.69, 9.17) is 0 Å². The smallest absolute Gasteiger partial charge is 0.257 e. The van der Waals surface area contributed by atoms with Crippen LogP contribution in [0.3, 0.4) is 0 Å². The van der Waals surface area contributed by atoms with Crippen molar-refractivity contribution in [3.63, 3.8) is 0 Å². The molecule has 4 aliphatic heterocycles. The number of carbonyl (C=O) groups excluding carboxylic acids is 5. The zero-order valence-electron chi connectivity index (χ0n) is 78.0. The molecule has 1 aromatic heterocycles. The van der Waals surface area contributed by atoms with Crippen molar-refractivity contribution in [2.75, 3.05) is 147 Å². The van der Waals surface area contributed by atoms with Crippen LogP contribution >= 0.6 is 11.3 Å². The molecule has 0 saturated carbocycles. The predicted octanol–water partition coefficient (Wildman–Crippen LogP) is 20.6. The minimum absolute atomic E-state index is 0.0546. The summed E-state index contributed by atoms with van der Waals surface area (Å²) in [4.78, 5) is 85.6. The van der Waals surface area contributed by atoms with Gasteiger partial charge in [-0.25, -0.2) is 4.98 Å². The number of nitrogens with zero attached hydrogens (tertiary/aromatic N) is 9. The summed E-state index contributed by atoms with van der Waals surface area (Å²) < 4.78 is 0. The summed E-state index contributed by atoms with van der Waals surface area (Å²) in [5, 5.41) is 17.4. The quantitative estimate of drug-likeness (QED) is 0.0364. The van der Waals surface area contributed by atoms with Gasteiger partial charge in [-0.1, -0.05) is 178 Å². The van der Waals surface area contributed by atoms with Crippen LogP contribution in [-0.4, -0.2) is 207 Å². The summed E-state index contributed by atoms with van der Waals surface area (Å²) in [7, 11) is 13.0. The maximum atomic E-state index is 12.6. The van der Waals surface area contributed by atoms with Gasteiger partial charge in [0.1, 0.15) is 0 Å². The molecule has 0 aliphatic carbocycles. The SMILES string of the molecule is CC(C)c1ccc(C(=O)Nc2ccc(CN3CCC(N(C)C)CC3)cc2)cc1.CC(C)c1ccc(C(=O)Nc2ccc(CN3CCN(C)CC3)cc2)cc1.CC(C)c1cccc(C(=O)Nc2ccc(CN3CCC(N(C)C)CC3)cc2)c1.CC(C)c1cccc(C(=O)Nc2ccc(CN3CCN(C)CC3)cc2)c1.Cc1csc(NC(=O)c2cccc(C(C)C)c2)n1. The van der Waals surface area contributed by atoms with Gasteiger partial charge in [0.25, 0.3) is 29.5 Å². The number of anilines is 5. The van der Waals surface area contributed by atoms with Gasteiger partial charge in [0.05, 0.1) is 5.69 Å². The van der Waals surface area contributed by atoms with Crippen LogP contribution in [0.15, 0.2) is 224 Å². The van der Waals surface area contributed by atoms with E-state index < -0.39 is 0 Å². The van der Waals surface area contributed by atoms with Crippen LogP contribution in [-0.2, 0) is 26.2 Å². The number of piperazine rings is 2. The molecule has 0 spiro atoms. The van der Waals surface area contributed by atoms with Crippen molar-refractivity contribution in [2.45, 2.75) is 170 Å². The first-order valence-electron chi connectivity index (χ1n) is 45.4. The summed E-state index contributed by atoms with van der Waals surface area (Å²) >= 11 is 1.44. The summed E-state index contributed by atoms with van der Waals surface area (Å²) in [6.07, 6.45) is 4.93. The first-order chi connectivity index (χ1) is 60.4. The third-order valence-electron chi connectivity index (χ3n) is 24.2. The van der Waals surface area contributed by atoms with Gasteiger partial charge in [-0.3, -0.25) is 48.9 Å². The van der Waals surface area contributed by atoms with E-state index in [0.29, 0.717) is 74.6 Å². The van der Waals surface area contributed by atoms with Gasteiger partial charge in [-0.2, -0.15) is 0 Å². The van der Waals surface area contributed by atoms with E-state index in [1.165, 1.54) is 81.5 Å². The third kappa shape index (κ3) is 31.9. The summed E-state index contributed by atoms with van der Waals surface area (Å²) in [6.45, 7) is 40.7. The number of benzene rings is 9. The van der Waals surface area contributed by atoms with Crippen molar-refractivity contribution in [3.8, 4) is 0 Å². The summed E-state index contributed by atoms with van der Waals surface area (Å²) in [5.74, 6) is 1.85. The van der Waals surface area contributed by atoms with Gasteiger partial charge in [0.2, 0.25) is 0 Å².